The Morgan fingerprint density at radius 1 is 1.38 bits per heavy atom. The molecule has 13 heavy (non-hydrogen) atoms. The van der Waals surface area contributed by atoms with E-state index in [9.17, 15) is 4.39 Å². The number of aromatic nitrogens is 1. The van der Waals surface area contributed by atoms with Crippen LogP contribution < -0.4 is 5.73 Å². The van der Waals surface area contributed by atoms with Crippen LogP contribution in [0.1, 0.15) is 0 Å². The van der Waals surface area contributed by atoms with E-state index in [1.165, 1.54) is 18.3 Å². The highest BCUT2D eigenvalue weighted by molar-refractivity contribution is 5.69. The molecule has 0 saturated heterocycles. The van der Waals surface area contributed by atoms with E-state index in [0.29, 0.717) is 17.0 Å². The van der Waals surface area contributed by atoms with Gasteiger partial charge in [0.25, 0.3) is 0 Å². The minimum absolute atomic E-state index is 0.326. The van der Waals surface area contributed by atoms with E-state index in [-0.39, 0.29) is 5.82 Å². The first-order chi connectivity index (χ1) is 6.27. The lowest BCUT2D eigenvalue weighted by Crippen LogP contribution is -1.85. The van der Waals surface area contributed by atoms with Gasteiger partial charge in [0.1, 0.15) is 11.5 Å². The summed E-state index contributed by atoms with van der Waals surface area (Å²) >= 11 is 0. The third kappa shape index (κ3) is 1.38. The molecule has 0 bridgehead atoms. The lowest BCUT2D eigenvalue weighted by molar-refractivity contribution is 0.432. The molecule has 0 amide bonds. The molecule has 1 aromatic heterocycles. The van der Waals surface area contributed by atoms with Gasteiger partial charge in [-0.05, 0) is 12.1 Å². The van der Waals surface area contributed by atoms with Crippen LogP contribution in [0.15, 0.2) is 35.0 Å². The predicted molar refractivity (Wildman–Crippen MR) is 46.3 cm³/mol. The molecule has 2 rings (SSSR count). The second-order valence-corrected chi connectivity index (χ2v) is 2.62. The van der Waals surface area contributed by atoms with Gasteiger partial charge in [0.2, 0.25) is 0 Å². The highest BCUT2D eigenvalue weighted by Gasteiger charge is 2.07. The van der Waals surface area contributed by atoms with Crippen LogP contribution in [-0.2, 0) is 0 Å². The minimum atomic E-state index is -0.326. The Morgan fingerprint density at radius 2 is 2.23 bits per heavy atom. The number of hydrogen-bond donors (Lipinski definition) is 1. The van der Waals surface area contributed by atoms with Crippen molar-refractivity contribution in [1.29, 1.82) is 0 Å². The Kier molecular flexibility index (Phi) is 1.73. The van der Waals surface area contributed by atoms with Crippen molar-refractivity contribution in [2.75, 3.05) is 5.73 Å². The lowest BCUT2D eigenvalue weighted by atomic mass is 10.1. The van der Waals surface area contributed by atoms with E-state index >= 15 is 0 Å². The van der Waals surface area contributed by atoms with E-state index in [0.717, 1.165) is 0 Å². The van der Waals surface area contributed by atoms with Crippen molar-refractivity contribution in [3.8, 4) is 11.3 Å². The van der Waals surface area contributed by atoms with Crippen molar-refractivity contribution < 1.29 is 8.91 Å². The predicted octanol–water partition coefficient (Wildman–Crippen LogP) is 2.06. The Labute approximate surface area is 74.0 Å². The molecule has 0 aliphatic heterocycles. The van der Waals surface area contributed by atoms with Crippen LogP contribution in [0.2, 0.25) is 0 Å². The zero-order valence-corrected chi connectivity index (χ0v) is 6.70. The third-order valence-corrected chi connectivity index (χ3v) is 1.68. The molecule has 4 heteroatoms. The van der Waals surface area contributed by atoms with Gasteiger partial charge in [-0.1, -0.05) is 17.3 Å². The zero-order valence-electron chi connectivity index (χ0n) is 6.70. The fourth-order valence-corrected chi connectivity index (χ4v) is 1.10. The summed E-state index contributed by atoms with van der Waals surface area (Å²) in [5.41, 5.74) is 6.54. The Bertz CT molecular complexity index is 425. The number of nitrogens with zero attached hydrogens (tertiary/aromatic N) is 1. The maximum Gasteiger partial charge on any atom is 0.189 e. The van der Waals surface area contributed by atoms with Gasteiger partial charge < -0.3 is 10.3 Å². The number of rotatable bonds is 1. The fourth-order valence-electron chi connectivity index (χ4n) is 1.10. The molecular formula is C9H7FN2O. The van der Waals surface area contributed by atoms with Gasteiger partial charge in [0.05, 0.1) is 6.20 Å². The van der Waals surface area contributed by atoms with Crippen molar-refractivity contribution in [2.45, 2.75) is 0 Å². The summed E-state index contributed by atoms with van der Waals surface area (Å²) in [5, 5.41) is 3.51. The van der Waals surface area contributed by atoms with Gasteiger partial charge >= 0.3 is 0 Å². The molecule has 0 aliphatic carbocycles. The molecule has 0 spiro atoms. The lowest BCUT2D eigenvalue weighted by Gasteiger charge is -1.96. The van der Waals surface area contributed by atoms with Crippen LogP contribution in [0.4, 0.5) is 10.1 Å². The van der Waals surface area contributed by atoms with Crippen molar-refractivity contribution >= 4 is 5.69 Å². The van der Waals surface area contributed by atoms with Crippen LogP contribution in [0.5, 0.6) is 0 Å². The van der Waals surface area contributed by atoms with E-state index < -0.39 is 0 Å². The average molecular weight is 178 g/mol. The molecule has 0 unspecified atom stereocenters. The number of nitrogens with two attached hydrogens (primary N) is 1. The van der Waals surface area contributed by atoms with E-state index in [1.54, 1.807) is 12.1 Å². The normalized spacial score (nSPS) is 10.2. The first-order valence-corrected chi connectivity index (χ1v) is 3.73. The van der Waals surface area contributed by atoms with E-state index in [1.807, 2.05) is 0 Å². The Balaban J connectivity index is 2.53. The number of halogens is 1. The smallest absolute Gasteiger partial charge is 0.189 e. The summed E-state index contributed by atoms with van der Waals surface area (Å²) in [4.78, 5) is 0. The maximum atomic E-state index is 12.8. The molecule has 0 radical (unpaired) electrons. The van der Waals surface area contributed by atoms with Gasteiger partial charge in [-0.15, -0.1) is 0 Å². The quantitative estimate of drug-likeness (QED) is 0.727. The Hall–Kier alpha value is -1.84. The van der Waals surface area contributed by atoms with Gasteiger partial charge in [-0.2, -0.15) is 0 Å². The average Bonchev–Trinajstić information content (AvgIpc) is 2.51. The number of nitrogen functional groups attached to an aromatic ring is 1. The first-order valence-electron chi connectivity index (χ1n) is 3.73. The van der Waals surface area contributed by atoms with Gasteiger partial charge in [0.15, 0.2) is 5.76 Å². The number of anilines is 1. The second-order valence-electron chi connectivity index (χ2n) is 2.62. The third-order valence-electron chi connectivity index (χ3n) is 1.68. The van der Waals surface area contributed by atoms with Crippen LogP contribution in [0, 0.1) is 5.82 Å². The minimum Gasteiger partial charge on any atom is -0.394 e. The standard InChI is InChI=1S/C9H7FN2O/c10-7-3-1-2-6(4-7)9-8(11)5-12-13-9/h1-5H,11H2. The SMILES string of the molecule is Nc1cnoc1-c1cccc(F)c1. The Morgan fingerprint density at radius 3 is 2.85 bits per heavy atom. The fraction of sp³-hybridized carbons (Fsp3) is 0. The summed E-state index contributed by atoms with van der Waals surface area (Å²) in [6, 6.07) is 6.00. The molecule has 0 saturated carbocycles. The van der Waals surface area contributed by atoms with Gasteiger partial charge in [-0.25, -0.2) is 4.39 Å². The summed E-state index contributed by atoms with van der Waals surface area (Å²) < 4.78 is 17.7. The van der Waals surface area contributed by atoms with Crippen LogP contribution in [0.25, 0.3) is 11.3 Å². The molecule has 0 atom stereocenters. The number of hydrogen-bond acceptors (Lipinski definition) is 3. The first kappa shape index (κ1) is 7.79. The molecule has 1 aromatic carbocycles. The second kappa shape index (κ2) is 2.90. The largest absolute Gasteiger partial charge is 0.394 e. The van der Waals surface area contributed by atoms with E-state index in [4.69, 9.17) is 10.3 Å². The highest BCUT2D eigenvalue weighted by Crippen LogP contribution is 2.25. The molecule has 0 fully saturated rings. The van der Waals surface area contributed by atoms with Crippen LogP contribution >= 0.6 is 0 Å². The summed E-state index contributed by atoms with van der Waals surface area (Å²) in [7, 11) is 0. The highest BCUT2D eigenvalue weighted by atomic mass is 19.1. The molecule has 66 valence electrons. The molecular weight excluding hydrogens is 171 g/mol. The molecule has 2 N–H and O–H groups in total. The molecule has 0 aliphatic rings. The van der Waals surface area contributed by atoms with Crippen LogP contribution in [-0.4, -0.2) is 5.16 Å². The van der Waals surface area contributed by atoms with Crippen molar-refractivity contribution in [3.05, 3.63) is 36.3 Å². The monoisotopic (exact) mass is 178 g/mol. The maximum absolute atomic E-state index is 12.8. The van der Waals surface area contributed by atoms with E-state index in [2.05, 4.69) is 5.16 Å². The van der Waals surface area contributed by atoms with Crippen molar-refractivity contribution in [1.82, 2.24) is 5.16 Å². The summed E-state index contributed by atoms with van der Waals surface area (Å²) in [6.45, 7) is 0. The summed E-state index contributed by atoms with van der Waals surface area (Å²) in [5.74, 6) is 0.0767. The van der Waals surface area contributed by atoms with Crippen molar-refractivity contribution in [3.63, 3.8) is 0 Å². The van der Waals surface area contributed by atoms with Crippen LogP contribution in [0.3, 0.4) is 0 Å². The molecule has 1 heterocycles. The molecule has 3 nitrogen and oxygen atoms in total. The van der Waals surface area contributed by atoms with Crippen molar-refractivity contribution in [2.24, 2.45) is 0 Å². The zero-order chi connectivity index (χ0) is 9.26. The topological polar surface area (TPSA) is 52.0 Å². The number of benzene rings is 1. The van der Waals surface area contributed by atoms with Gasteiger partial charge in [0, 0.05) is 5.56 Å². The summed E-state index contributed by atoms with van der Waals surface area (Å²) in [6.07, 6.45) is 1.39. The van der Waals surface area contributed by atoms with Gasteiger partial charge in [-0.3, -0.25) is 0 Å². The molecule has 2 aromatic rings.